The van der Waals surface area contributed by atoms with Crippen LogP contribution in [-0.4, -0.2) is 19.4 Å². The second kappa shape index (κ2) is 5.87. The lowest BCUT2D eigenvalue weighted by molar-refractivity contribution is -0.111. The van der Waals surface area contributed by atoms with Crippen LogP contribution in [0.4, 0.5) is 0 Å². The zero-order valence-electron chi connectivity index (χ0n) is 11.2. The van der Waals surface area contributed by atoms with Gasteiger partial charge in [-0.1, -0.05) is 13.8 Å². The minimum atomic E-state index is -0.0503. The molecule has 0 saturated heterocycles. The molecule has 0 bridgehead atoms. The zero-order chi connectivity index (χ0) is 13.8. The number of ether oxygens (including phenoxy) is 2. The zero-order valence-corrected chi connectivity index (χ0v) is 11.2. The summed E-state index contributed by atoms with van der Waals surface area (Å²) >= 11 is 0. The second-order valence-corrected chi connectivity index (χ2v) is 5.11. The molecule has 2 atom stereocenters. The molecule has 0 N–H and O–H groups in total. The van der Waals surface area contributed by atoms with Gasteiger partial charge in [-0.15, -0.1) is 0 Å². The molecule has 19 heavy (non-hydrogen) atoms. The molecule has 0 fully saturated rings. The lowest BCUT2D eigenvalue weighted by Gasteiger charge is -2.13. The summed E-state index contributed by atoms with van der Waals surface area (Å²) in [6.45, 7) is 3.99. The monoisotopic (exact) mass is 262 g/mol. The Morgan fingerprint density at radius 2 is 1.42 bits per heavy atom. The molecule has 4 nitrogen and oxygen atoms in total. The molecule has 2 unspecified atom stereocenters. The van der Waals surface area contributed by atoms with Gasteiger partial charge < -0.3 is 19.1 Å². The normalized spacial score (nSPS) is 15.9. The van der Waals surface area contributed by atoms with Crippen molar-refractivity contribution in [1.29, 1.82) is 0 Å². The van der Waals surface area contributed by atoms with Gasteiger partial charge in [0, 0.05) is 11.8 Å². The number of hydrogen-bond acceptors (Lipinski definition) is 4. The Morgan fingerprint density at radius 3 is 1.79 bits per heavy atom. The fourth-order valence-electron chi connectivity index (χ4n) is 2.20. The molecule has 0 radical (unpaired) electrons. The van der Waals surface area contributed by atoms with Crippen LogP contribution in [0, 0.1) is 11.8 Å². The third-order valence-electron chi connectivity index (χ3n) is 3.24. The Bertz CT molecular complexity index is 438. The van der Waals surface area contributed by atoms with Crippen LogP contribution in [0.5, 0.6) is 11.5 Å². The van der Waals surface area contributed by atoms with Crippen LogP contribution in [0.3, 0.4) is 0 Å². The highest BCUT2D eigenvalue weighted by molar-refractivity contribution is 5.57. The maximum Gasteiger partial charge on any atom is 0.231 e. The van der Waals surface area contributed by atoms with Crippen LogP contribution in [0.2, 0.25) is 0 Å². The average molecular weight is 262 g/mol. The molecule has 1 aliphatic heterocycles. The molecular formula is C15H18O4. The fraction of sp³-hybridized carbons (Fsp3) is 0.467. The van der Waals surface area contributed by atoms with Gasteiger partial charge in [0.05, 0.1) is 0 Å². The molecule has 4 heteroatoms. The van der Waals surface area contributed by atoms with E-state index in [0.717, 1.165) is 35.2 Å². The fourth-order valence-corrected chi connectivity index (χ4v) is 2.20. The molecule has 102 valence electrons. The number of fused-ring (bicyclic) bond motifs is 1. The Morgan fingerprint density at radius 1 is 1.00 bits per heavy atom. The molecule has 1 aromatic rings. The Balaban J connectivity index is 2.31. The van der Waals surface area contributed by atoms with E-state index < -0.39 is 0 Å². The number of benzene rings is 1. The van der Waals surface area contributed by atoms with E-state index >= 15 is 0 Å². The third-order valence-corrected chi connectivity index (χ3v) is 3.24. The summed E-state index contributed by atoms with van der Waals surface area (Å²) in [5.41, 5.74) is 2.11. The largest absolute Gasteiger partial charge is 0.454 e. The second-order valence-electron chi connectivity index (χ2n) is 5.11. The predicted molar refractivity (Wildman–Crippen MR) is 70.4 cm³/mol. The van der Waals surface area contributed by atoms with Gasteiger partial charge in [0.25, 0.3) is 0 Å². The Kier molecular flexibility index (Phi) is 4.20. The Labute approximate surface area is 112 Å². The first kappa shape index (κ1) is 13.6. The van der Waals surface area contributed by atoms with E-state index in [2.05, 4.69) is 0 Å². The summed E-state index contributed by atoms with van der Waals surface area (Å²) in [6, 6.07) is 3.85. The van der Waals surface area contributed by atoms with Gasteiger partial charge in [-0.3, -0.25) is 0 Å². The van der Waals surface area contributed by atoms with E-state index in [1.54, 1.807) is 0 Å². The maximum atomic E-state index is 10.8. The summed E-state index contributed by atoms with van der Waals surface area (Å²) in [7, 11) is 0. The van der Waals surface area contributed by atoms with E-state index in [-0.39, 0.29) is 18.6 Å². The van der Waals surface area contributed by atoms with Gasteiger partial charge in [-0.05, 0) is 36.1 Å². The quantitative estimate of drug-likeness (QED) is 0.737. The number of aldehydes is 2. The van der Waals surface area contributed by atoms with Crippen LogP contribution in [0.15, 0.2) is 12.1 Å². The molecule has 1 aliphatic rings. The van der Waals surface area contributed by atoms with Gasteiger partial charge in [-0.2, -0.15) is 0 Å². The van der Waals surface area contributed by atoms with Gasteiger partial charge >= 0.3 is 0 Å². The molecule has 0 saturated carbocycles. The minimum Gasteiger partial charge on any atom is -0.454 e. The molecule has 0 aromatic heterocycles. The van der Waals surface area contributed by atoms with Gasteiger partial charge in [-0.25, -0.2) is 0 Å². The summed E-state index contributed by atoms with van der Waals surface area (Å²) in [5.74, 6) is 1.34. The number of rotatable bonds is 6. The van der Waals surface area contributed by atoms with E-state index in [1.165, 1.54) is 0 Å². The van der Waals surface area contributed by atoms with E-state index in [0.29, 0.717) is 12.8 Å². The van der Waals surface area contributed by atoms with Crippen molar-refractivity contribution in [3.8, 4) is 11.5 Å². The first-order valence-corrected chi connectivity index (χ1v) is 6.46. The van der Waals surface area contributed by atoms with Crippen LogP contribution in [0.25, 0.3) is 0 Å². The van der Waals surface area contributed by atoms with E-state index in [4.69, 9.17) is 9.47 Å². The van der Waals surface area contributed by atoms with E-state index in [9.17, 15) is 9.59 Å². The molecule has 0 aliphatic carbocycles. The smallest absolute Gasteiger partial charge is 0.231 e. The van der Waals surface area contributed by atoms with Crippen LogP contribution >= 0.6 is 0 Å². The summed E-state index contributed by atoms with van der Waals surface area (Å²) < 4.78 is 10.7. The van der Waals surface area contributed by atoms with Crippen molar-refractivity contribution >= 4 is 12.6 Å². The standard InChI is InChI=1S/C15H18O4/c1-10(7-16)3-12-5-14-15(19-9-18-14)6-13(12)4-11(2)8-17/h5-8,10-11H,3-4,9H2,1-2H3. The third kappa shape index (κ3) is 3.13. The highest BCUT2D eigenvalue weighted by atomic mass is 16.7. The number of carbonyl (C=O) groups is 2. The minimum absolute atomic E-state index is 0.0503. The molecule has 0 amide bonds. The lowest BCUT2D eigenvalue weighted by Crippen LogP contribution is -2.08. The van der Waals surface area contributed by atoms with Crippen molar-refractivity contribution in [2.45, 2.75) is 26.7 Å². The first-order chi connectivity index (χ1) is 9.13. The highest BCUT2D eigenvalue weighted by Gasteiger charge is 2.19. The first-order valence-electron chi connectivity index (χ1n) is 6.46. The summed E-state index contributed by atoms with van der Waals surface area (Å²) in [6.07, 6.45) is 3.19. The van der Waals surface area contributed by atoms with Crippen molar-refractivity contribution in [3.05, 3.63) is 23.3 Å². The SMILES string of the molecule is CC(C=O)Cc1cc2c(cc1CC(C)C=O)OCO2. The number of carbonyl (C=O) groups excluding carboxylic acids is 2. The van der Waals surface area contributed by atoms with Crippen molar-refractivity contribution < 1.29 is 19.1 Å². The van der Waals surface area contributed by atoms with Gasteiger partial charge in [0.1, 0.15) is 12.6 Å². The van der Waals surface area contributed by atoms with E-state index in [1.807, 2.05) is 26.0 Å². The molecule has 1 aromatic carbocycles. The van der Waals surface area contributed by atoms with Crippen molar-refractivity contribution in [1.82, 2.24) is 0 Å². The summed E-state index contributed by atoms with van der Waals surface area (Å²) in [5, 5.41) is 0. The maximum absolute atomic E-state index is 10.8. The van der Waals surface area contributed by atoms with Gasteiger partial charge in [0.15, 0.2) is 11.5 Å². The topological polar surface area (TPSA) is 52.6 Å². The van der Waals surface area contributed by atoms with Crippen LogP contribution < -0.4 is 9.47 Å². The highest BCUT2D eigenvalue weighted by Crippen LogP contribution is 2.36. The molecule has 1 heterocycles. The lowest BCUT2D eigenvalue weighted by atomic mass is 9.92. The predicted octanol–water partition coefficient (Wildman–Crippen LogP) is 2.17. The molecule has 2 rings (SSSR count). The number of hydrogen-bond donors (Lipinski definition) is 0. The van der Waals surface area contributed by atoms with Crippen LogP contribution in [-0.2, 0) is 22.4 Å². The average Bonchev–Trinajstić information content (AvgIpc) is 2.85. The summed E-state index contributed by atoms with van der Waals surface area (Å²) in [4.78, 5) is 21.6. The van der Waals surface area contributed by atoms with Crippen molar-refractivity contribution in [3.63, 3.8) is 0 Å². The Hall–Kier alpha value is -1.84. The molecule has 0 spiro atoms. The van der Waals surface area contributed by atoms with Crippen molar-refractivity contribution in [2.24, 2.45) is 11.8 Å². The van der Waals surface area contributed by atoms with Gasteiger partial charge in [0.2, 0.25) is 6.79 Å². The van der Waals surface area contributed by atoms with Crippen molar-refractivity contribution in [2.75, 3.05) is 6.79 Å². The molecular weight excluding hydrogens is 244 g/mol. The van der Waals surface area contributed by atoms with Crippen LogP contribution in [0.1, 0.15) is 25.0 Å².